The van der Waals surface area contributed by atoms with Gasteiger partial charge in [-0.3, -0.25) is 19.0 Å². The molecule has 0 radical (unpaired) electrons. The Morgan fingerprint density at radius 1 is 1.20 bits per heavy atom. The number of likely N-dealkylation sites (N-methyl/N-ethyl adjacent to an activating group) is 1. The zero-order chi connectivity index (χ0) is 18.0. The Hall–Kier alpha value is -2.70. The van der Waals surface area contributed by atoms with Crippen LogP contribution in [0.5, 0.6) is 0 Å². The molecule has 2 heterocycles. The zero-order valence-corrected chi connectivity index (χ0v) is 14.6. The summed E-state index contributed by atoms with van der Waals surface area (Å²) >= 11 is 0. The Morgan fingerprint density at radius 3 is 2.60 bits per heavy atom. The fourth-order valence-corrected chi connectivity index (χ4v) is 3.08. The highest BCUT2D eigenvalue weighted by Gasteiger charge is 2.22. The molecule has 7 nitrogen and oxygen atoms in total. The van der Waals surface area contributed by atoms with Gasteiger partial charge in [0.05, 0.1) is 17.4 Å². The number of fused-ring (bicyclic) bond motifs is 1. The molecule has 1 aromatic heterocycles. The number of benzene rings is 1. The van der Waals surface area contributed by atoms with Crippen molar-refractivity contribution in [3.8, 4) is 0 Å². The maximum absolute atomic E-state index is 12.6. The monoisotopic (exact) mass is 342 g/mol. The molecular weight excluding hydrogens is 320 g/mol. The lowest BCUT2D eigenvalue weighted by atomic mass is 10.2. The van der Waals surface area contributed by atoms with E-state index in [1.807, 2.05) is 6.07 Å². The molecule has 0 spiro atoms. The van der Waals surface area contributed by atoms with Crippen molar-refractivity contribution >= 4 is 22.7 Å². The summed E-state index contributed by atoms with van der Waals surface area (Å²) in [5.74, 6) is 0.153. The Labute approximate surface area is 145 Å². The van der Waals surface area contributed by atoms with Gasteiger partial charge in [0.15, 0.2) is 0 Å². The second-order valence-corrected chi connectivity index (χ2v) is 6.41. The number of amides is 2. The first-order chi connectivity index (χ1) is 12.0. The summed E-state index contributed by atoms with van der Waals surface area (Å²) < 4.78 is 1.36. The van der Waals surface area contributed by atoms with Crippen molar-refractivity contribution in [2.75, 3.05) is 26.7 Å². The maximum atomic E-state index is 12.6. The van der Waals surface area contributed by atoms with Crippen LogP contribution in [0.4, 0.5) is 0 Å². The van der Waals surface area contributed by atoms with Crippen molar-refractivity contribution < 1.29 is 9.59 Å². The number of hydrogen-bond acceptors (Lipinski definition) is 4. The second-order valence-electron chi connectivity index (χ2n) is 6.41. The summed E-state index contributed by atoms with van der Waals surface area (Å²) in [6, 6.07) is 7.07. The average molecular weight is 342 g/mol. The predicted octanol–water partition coefficient (Wildman–Crippen LogP) is 0.786. The van der Waals surface area contributed by atoms with E-state index < -0.39 is 0 Å². The van der Waals surface area contributed by atoms with Crippen LogP contribution in [0.25, 0.3) is 10.9 Å². The summed E-state index contributed by atoms with van der Waals surface area (Å²) in [6.07, 6.45) is 2.03. The molecule has 2 amide bonds. The third-order valence-corrected chi connectivity index (χ3v) is 4.60. The highest BCUT2D eigenvalue weighted by atomic mass is 16.2. The van der Waals surface area contributed by atoms with Crippen LogP contribution in [0.2, 0.25) is 0 Å². The van der Waals surface area contributed by atoms with Crippen molar-refractivity contribution in [1.82, 2.24) is 19.4 Å². The molecule has 1 aromatic carbocycles. The number of hydrogen-bond donors (Lipinski definition) is 0. The zero-order valence-electron chi connectivity index (χ0n) is 14.6. The van der Waals surface area contributed by atoms with Crippen molar-refractivity contribution in [3.63, 3.8) is 0 Å². The second kappa shape index (κ2) is 7.04. The van der Waals surface area contributed by atoms with Gasteiger partial charge in [0, 0.05) is 20.1 Å². The Bertz CT molecular complexity index is 868. The van der Waals surface area contributed by atoms with Gasteiger partial charge in [-0.2, -0.15) is 0 Å². The molecule has 0 saturated carbocycles. The van der Waals surface area contributed by atoms with Gasteiger partial charge >= 0.3 is 0 Å². The van der Waals surface area contributed by atoms with E-state index in [0.717, 1.165) is 25.9 Å². The minimum absolute atomic E-state index is 0.0354. The van der Waals surface area contributed by atoms with Gasteiger partial charge in [-0.25, -0.2) is 4.98 Å². The molecule has 25 heavy (non-hydrogen) atoms. The van der Waals surface area contributed by atoms with Crippen LogP contribution in [0, 0.1) is 6.92 Å². The first-order valence-electron chi connectivity index (χ1n) is 8.45. The standard InChI is InChI=1S/C18H22N4O3/c1-13-19-15-8-4-3-7-14(15)18(25)22(13)12-16(23)20(2)11-17(24)21-9-5-6-10-21/h3-4,7-8H,5-6,9-12H2,1-2H3. The number of carbonyl (C=O) groups excluding carboxylic acids is 2. The summed E-state index contributed by atoms with van der Waals surface area (Å²) in [5.41, 5.74) is 0.377. The molecule has 0 N–H and O–H groups in total. The van der Waals surface area contributed by atoms with E-state index in [9.17, 15) is 14.4 Å². The summed E-state index contributed by atoms with van der Waals surface area (Å²) in [7, 11) is 1.59. The molecule has 132 valence electrons. The molecule has 1 saturated heterocycles. The van der Waals surface area contributed by atoms with Crippen molar-refractivity contribution in [3.05, 3.63) is 40.4 Å². The fourth-order valence-electron chi connectivity index (χ4n) is 3.08. The van der Waals surface area contributed by atoms with Gasteiger partial charge in [0.25, 0.3) is 5.56 Å². The number of rotatable bonds is 4. The van der Waals surface area contributed by atoms with Gasteiger partial charge < -0.3 is 9.80 Å². The lowest BCUT2D eigenvalue weighted by molar-refractivity contribution is -0.139. The van der Waals surface area contributed by atoms with E-state index >= 15 is 0 Å². The van der Waals surface area contributed by atoms with E-state index in [4.69, 9.17) is 0 Å². The van der Waals surface area contributed by atoms with Crippen LogP contribution in [0.3, 0.4) is 0 Å². The van der Waals surface area contributed by atoms with Gasteiger partial charge in [0.1, 0.15) is 12.4 Å². The average Bonchev–Trinajstić information content (AvgIpc) is 3.13. The molecule has 0 bridgehead atoms. The largest absolute Gasteiger partial charge is 0.341 e. The van der Waals surface area contributed by atoms with Crippen LogP contribution in [0.15, 0.2) is 29.1 Å². The number of aromatic nitrogens is 2. The normalized spacial score (nSPS) is 14.1. The highest BCUT2D eigenvalue weighted by molar-refractivity contribution is 5.85. The quantitative estimate of drug-likeness (QED) is 0.823. The Balaban J connectivity index is 1.75. The van der Waals surface area contributed by atoms with Gasteiger partial charge in [-0.1, -0.05) is 12.1 Å². The Kier molecular flexibility index (Phi) is 4.83. The number of aryl methyl sites for hydroxylation is 1. The highest BCUT2D eigenvalue weighted by Crippen LogP contribution is 2.09. The van der Waals surface area contributed by atoms with Crippen LogP contribution in [0.1, 0.15) is 18.7 Å². The molecule has 3 rings (SSSR count). The third kappa shape index (κ3) is 3.55. The molecule has 0 unspecified atom stereocenters. The number of likely N-dealkylation sites (tertiary alicyclic amines) is 1. The molecule has 0 atom stereocenters. The predicted molar refractivity (Wildman–Crippen MR) is 94.2 cm³/mol. The SMILES string of the molecule is Cc1nc2ccccc2c(=O)n1CC(=O)N(C)CC(=O)N1CCCC1. The van der Waals surface area contributed by atoms with Gasteiger partial charge in [-0.15, -0.1) is 0 Å². The lowest BCUT2D eigenvalue weighted by Gasteiger charge is -2.22. The van der Waals surface area contributed by atoms with Crippen molar-refractivity contribution in [2.45, 2.75) is 26.3 Å². The lowest BCUT2D eigenvalue weighted by Crippen LogP contribution is -2.42. The summed E-state index contributed by atoms with van der Waals surface area (Å²) in [6.45, 7) is 3.14. The molecule has 1 aliphatic rings. The molecular formula is C18H22N4O3. The maximum Gasteiger partial charge on any atom is 0.261 e. The van der Waals surface area contributed by atoms with E-state index in [1.54, 1.807) is 37.1 Å². The smallest absolute Gasteiger partial charge is 0.261 e. The topological polar surface area (TPSA) is 75.5 Å². The van der Waals surface area contributed by atoms with Crippen molar-refractivity contribution in [1.29, 1.82) is 0 Å². The summed E-state index contributed by atoms with van der Waals surface area (Å²) in [5, 5.41) is 0.483. The molecule has 1 aliphatic heterocycles. The van der Waals surface area contributed by atoms with Crippen LogP contribution in [-0.2, 0) is 16.1 Å². The van der Waals surface area contributed by atoms with E-state index in [2.05, 4.69) is 4.98 Å². The fraction of sp³-hybridized carbons (Fsp3) is 0.444. The number of para-hydroxylation sites is 1. The van der Waals surface area contributed by atoms with Crippen LogP contribution in [-0.4, -0.2) is 57.8 Å². The first kappa shape index (κ1) is 17.1. The first-order valence-corrected chi connectivity index (χ1v) is 8.45. The third-order valence-electron chi connectivity index (χ3n) is 4.60. The molecule has 0 aliphatic carbocycles. The number of nitrogens with zero attached hydrogens (tertiary/aromatic N) is 4. The van der Waals surface area contributed by atoms with Crippen molar-refractivity contribution in [2.24, 2.45) is 0 Å². The molecule has 2 aromatic rings. The van der Waals surface area contributed by atoms with E-state index in [1.165, 1.54) is 9.47 Å². The van der Waals surface area contributed by atoms with Crippen LogP contribution < -0.4 is 5.56 Å². The minimum Gasteiger partial charge on any atom is -0.341 e. The minimum atomic E-state index is -0.283. The van der Waals surface area contributed by atoms with E-state index in [-0.39, 0.29) is 30.5 Å². The number of carbonyl (C=O) groups is 2. The Morgan fingerprint density at radius 2 is 1.88 bits per heavy atom. The van der Waals surface area contributed by atoms with E-state index in [0.29, 0.717) is 16.7 Å². The summed E-state index contributed by atoms with van der Waals surface area (Å²) in [4.78, 5) is 44.8. The van der Waals surface area contributed by atoms with Gasteiger partial charge in [0.2, 0.25) is 11.8 Å². The van der Waals surface area contributed by atoms with Crippen LogP contribution >= 0.6 is 0 Å². The van der Waals surface area contributed by atoms with Gasteiger partial charge in [-0.05, 0) is 31.9 Å². The molecule has 7 heteroatoms. The molecule has 1 fully saturated rings.